The molecule has 0 saturated heterocycles. The number of carbonyl (C=O) groups excluding carboxylic acids is 1. The van der Waals surface area contributed by atoms with Crippen LogP contribution in [0.3, 0.4) is 0 Å². The van der Waals surface area contributed by atoms with Crippen LogP contribution in [0.25, 0.3) is 0 Å². The molecule has 0 saturated carbocycles. The van der Waals surface area contributed by atoms with E-state index in [1.165, 1.54) is 9.58 Å². The lowest BCUT2D eigenvalue weighted by Gasteiger charge is -2.06. The smallest absolute Gasteiger partial charge is 0.329 e. The van der Waals surface area contributed by atoms with Crippen LogP contribution in [0.5, 0.6) is 0 Å². The zero-order chi connectivity index (χ0) is 10.7. The highest BCUT2D eigenvalue weighted by molar-refractivity contribution is 5.74. The maximum Gasteiger partial charge on any atom is 0.372 e. The lowest BCUT2D eigenvalue weighted by atomic mass is 10.5. The lowest BCUT2D eigenvalue weighted by Crippen LogP contribution is -2.37. The molecule has 0 radical (unpaired) electrons. The Bertz CT molecular complexity index is 378. The minimum absolute atomic E-state index is 0.472. The summed E-state index contributed by atoms with van der Waals surface area (Å²) in [5.41, 5.74) is -0.495. The normalized spacial score (nSPS) is 10.2. The predicted octanol–water partition coefficient (Wildman–Crippen LogP) is -0.620. The first-order chi connectivity index (χ1) is 6.57. The quantitative estimate of drug-likeness (QED) is 0.595. The highest BCUT2D eigenvalue weighted by Gasteiger charge is 2.14. The molecule has 0 aromatic carbocycles. The Hall–Kier alpha value is -1.66. The zero-order valence-corrected chi connectivity index (χ0v) is 8.47. The van der Waals surface area contributed by atoms with Gasteiger partial charge in [-0.3, -0.25) is 0 Å². The van der Waals surface area contributed by atoms with E-state index in [1.807, 2.05) is 6.92 Å². The van der Waals surface area contributed by atoms with Gasteiger partial charge in [0, 0.05) is 20.6 Å². The van der Waals surface area contributed by atoms with Gasteiger partial charge in [0.15, 0.2) is 0 Å². The number of aryl methyl sites for hydroxylation is 1. The van der Waals surface area contributed by atoms with Crippen LogP contribution in [0.1, 0.15) is 13.3 Å². The van der Waals surface area contributed by atoms with Crippen molar-refractivity contribution in [3.63, 3.8) is 0 Å². The SMILES string of the molecule is CCCn1nnn(C(=O)N(C)C)c1=O. The minimum Gasteiger partial charge on any atom is -0.329 e. The van der Waals surface area contributed by atoms with Gasteiger partial charge in [0.2, 0.25) is 0 Å². The number of tetrazole rings is 1. The largest absolute Gasteiger partial charge is 0.372 e. The topological polar surface area (TPSA) is 73.0 Å². The van der Waals surface area contributed by atoms with Crippen LogP contribution >= 0.6 is 0 Å². The highest BCUT2D eigenvalue weighted by atomic mass is 16.2. The maximum absolute atomic E-state index is 11.5. The van der Waals surface area contributed by atoms with E-state index in [4.69, 9.17) is 0 Å². The monoisotopic (exact) mass is 199 g/mol. The molecule has 1 aromatic rings. The van der Waals surface area contributed by atoms with Gasteiger partial charge in [-0.1, -0.05) is 6.92 Å². The Kier molecular flexibility index (Phi) is 3.00. The van der Waals surface area contributed by atoms with Crippen LogP contribution in [0.15, 0.2) is 4.79 Å². The second-order valence-electron chi connectivity index (χ2n) is 3.07. The maximum atomic E-state index is 11.5. The van der Waals surface area contributed by atoms with Crippen LogP contribution in [0.2, 0.25) is 0 Å². The van der Waals surface area contributed by atoms with E-state index in [1.54, 1.807) is 14.1 Å². The van der Waals surface area contributed by atoms with E-state index < -0.39 is 11.7 Å². The average molecular weight is 199 g/mol. The van der Waals surface area contributed by atoms with Gasteiger partial charge in [0.1, 0.15) is 0 Å². The fourth-order valence-electron chi connectivity index (χ4n) is 0.936. The summed E-state index contributed by atoms with van der Waals surface area (Å²) in [4.78, 5) is 24.1. The Morgan fingerprint density at radius 3 is 2.57 bits per heavy atom. The summed E-state index contributed by atoms with van der Waals surface area (Å²) >= 11 is 0. The van der Waals surface area contributed by atoms with E-state index in [-0.39, 0.29) is 0 Å². The van der Waals surface area contributed by atoms with Gasteiger partial charge in [0.05, 0.1) is 0 Å². The molecule has 0 N–H and O–H groups in total. The van der Waals surface area contributed by atoms with Crippen molar-refractivity contribution in [2.45, 2.75) is 19.9 Å². The van der Waals surface area contributed by atoms with Gasteiger partial charge in [-0.2, -0.15) is 4.68 Å². The van der Waals surface area contributed by atoms with Crippen LogP contribution in [0, 0.1) is 0 Å². The van der Waals surface area contributed by atoms with E-state index in [0.717, 1.165) is 11.1 Å². The van der Waals surface area contributed by atoms with Crippen molar-refractivity contribution in [2.24, 2.45) is 0 Å². The Morgan fingerprint density at radius 1 is 1.43 bits per heavy atom. The molecule has 0 fully saturated rings. The highest BCUT2D eigenvalue weighted by Crippen LogP contribution is 1.84. The van der Waals surface area contributed by atoms with Gasteiger partial charge < -0.3 is 4.90 Å². The molecule has 1 rings (SSSR count). The number of hydrogen-bond acceptors (Lipinski definition) is 4. The van der Waals surface area contributed by atoms with Crippen molar-refractivity contribution < 1.29 is 4.79 Å². The third-order valence-electron chi connectivity index (χ3n) is 1.64. The molecule has 7 heteroatoms. The summed E-state index contributed by atoms with van der Waals surface area (Å²) in [6.45, 7) is 2.39. The second kappa shape index (κ2) is 4.03. The van der Waals surface area contributed by atoms with Gasteiger partial charge in [0.25, 0.3) is 0 Å². The van der Waals surface area contributed by atoms with Crippen molar-refractivity contribution in [3.8, 4) is 0 Å². The fourth-order valence-corrected chi connectivity index (χ4v) is 0.936. The van der Waals surface area contributed by atoms with Gasteiger partial charge in [-0.25, -0.2) is 9.59 Å². The van der Waals surface area contributed by atoms with Crippen molar-refractivity contribution in [2.75, 3.05) is 14.1 Å². The summed E-state index contributed by atoms with van der Waals surface area (Å²) in [6, 6.07) is -0.489. The predicted molar refractivity (Wildman–Crippen MR) is 49.1 cm³/mol. The number of carbonyl (C=O) groups is 1. The summed E-state index contributed by atoms with van der Waals surface area (Å²) < 4.78 is 1.91. The van der Waals surface area contributed by atoms with E-state index in [9.17, 15) is 9.59 Å². The van der Waals surface area contributed by atoms with E-state index in [2.05, 4.69) is 10.4 Å². The molecule has 14 heavy (non-hydrogen) atoms. The number of rotatable bonds is 2. The van der Waals surface area contributed by atoms with Gasteiger partial charge in [-0.15, -0.1) is 4.68 Å². The molecule has 0 bridgehead atoms. The summed E-state index contributed by atoms with van der Waals surface area (Å²) in [5.74, 6) is 0. The van der Waals surface area contributed by atoms with Crippen LogP contribution in [-0.4, -0.2) is 44.8 Å². The Morgan fingerprint density at radius 2 is 2.07 bits per heavy atom. The zero-order valence-electron chi connectivity index (χ0n) is 8.47. The molecule has 7 nitrogen and oxygen atoms in total. The molecule has 0 aliphatic heterocycles. The third kappa shape index (κ3) is 1.81. The van der Waals surface area contributed by atoms with Crippen LogP contribution in [-0.2, 0) is 6.54 Å². The molecule has 1 heterocycles. The molecular weight excluding hydrogens is 186 g/mol. The van der Waals surface area contributed by atoms with E-state index >= 15 is 0 Å². The summed E-state index contributed by atoms with van der Waals surface area (Å²) in [5, 5.41) is 7.06. The number of nitrogens with zero attached hydrogens (tertiary/aromatic N) is 5. The van der Waals surface area contributed by atoms with Crippen LogP contribution < -0.4 is 5.69 Å². The molecular formula is C7H13N5O2. The van der Waals surface area contributed by atoms with Gasteiger partial charge in [-0.05, 0) is 16.8 Å². The van der Waals surface area contributed by atoms with Crippen molar-refractivity contribution in [1.29, 1.82) is 0 Å². The summed E-state index contributed by atoms with van der Waals surface area (Å²) in [6.07, 6.45) is 0.773. The molecule has 78 valence electrons. The molecule has 1 amide bonds. The Balaban J connectivity index is 3.01. The molecule has 0 unspecified atom stereocenters. The number of hydrogen-bond donors (Lipinski definition) is 0. The molecule has 1 aromatic heterocycles. The van der Waals surface area contributed by atoms with Crippen LogP contribution in [0.4, 0.5) is 4.79 Å². The molecule has 0 aliphatic rings. The van der Waals surface area contributed by atoms with Crippen molar-refractivity contribution in [3.05, 3.63) is 10.5 Å². The average Bonchev–Trinajstić information content (AvgIpc) is 2.48. The lowest BCUT2D eigenvalue weighted by molar-refractivity contribution is 0.214. The molecule has 0 spiro atoms. The van der Waals surface area contributed by atoms with Crippen molar-refractivity contribution in [1.82, 2.24) is 24.7 Å². The number of amides is 1. The second-order valence-corrected chi connectivity index (χ2v) is 3.07. The third-order valence-corrected chi connectivity index (χ3v) is 1.64. The van der Waals surface area contributed by atoms with Crippen molar-refractivity contribution >= 4 is 6.03 Å². The standard InChI is InChI=1S/C7H13N5O2/c1-4-5-11-7(14)12(9-8-11)6(13)10(2)3/h4-5H2,1-3H3. The minimum atomic E-state index is -0.495. The first-order valence-electron chi connectivity index (χ1n) is 4.32. The molecule has 0 atom stereocenters. The Labute approximate surface area is 80.9 Å². The van der Waals surface area contributed by atoms with E-state index in [0.29, 0.717) is 6.54 Å². The first kappa shape index (κ1) is 10.4. The number of aromatic nitrogens is 4. The summed E-state index contributed by atoms with van der Waals surface area (Å²) in [7, 11) is 3.10. The fraction of sp³-hybridized carbons (Fsp3) is 0.714. The van der Waals surface area contributed by atoms with Gasteiger partial charge >= 0.3 is 11.7 Å². The first-order valence-corrected chi connectivity index (χ1v) is 4.32. The molecule has 0 aliphatic carbocycles.